The second kappa shape index (κ2) is 8.94. The first-order valence-corrected chi connectivity index (χ1v) is 12.3. The molecule has 0 aliphatic rings. The highest BCUT2D eigenvalue weighted by Gasteiger charge is 2.27. The standard InChI is InChI=1S/C25H28N2O5S/c1-14-8-10-19(11-9-14)21(28)13-32-25-22(18(5)26-27(25)6)23(29)20-12-15(2)24(33(7,30)31)17(4)16(20)3/h8-12H,13H2,1-7H3. The van der Waals surface area contributed by atoms with Gasteiger partial charge >= 0.3 is 0 Å². The van der Waals surface area contributed by atoms with E-state index < -0.39 is 9.84 Å². The van der Waals surface area contributed by atoms with E-state index in [1.807, 2.05) is 19.1 Å². The summed E-state index contributed by atoms with van der Waals surface area (Å²) in [6.45, 7) is 8.49. The lowest BCUT2D eigenvalue weighted by molar-refractivity contribution is 0.0908. The fourth-order valence-electron chi connectivity index (χ4n) is 4.02. The maximum absolute atomic E-state index is 13.6. The number of carbonyl (C=O) groups is 2. The number of aryl methyl sites for hydroxylation is 4. The Kier molecular flexibility index (Phi) is 6.61. The second-order valence-electron chi connectivity index (χ2n) is 8.39. The number of ketones is 2. The van der Waals surface area contributed by atoms with Crippen LogP contribution in [0.4, 0.5) is 0 Å². The summed E-state index contributed by atoms with van der Waals surface area (Å²) < 4.78 is 31.7. The van der Waals surface area contributed by atoms with Gasteiger partial charge in [0.2, 0.25) is 11.7 Å². The molecule has 3 aromatic rings. The van der Waals surface area contributed by atoms with Gasteiger partial charge in [0.1, 0.15) is 5.56 Å². The van der Waals surface area contributed by atoms with Gasteiger partial charge < -0.3 is 4.74 Å². The Balaban J connectivity index is 1.99. The van der Waals surface area contributed by atoms with Crippen molar-refractivity contribution >= 4 is 21.4 Å². The molecule has 0 atom stereocenters. The molecule has 174 valence electrons. The van der Waals surface area contributed by atoms with Gasteiger partial charge in [-0.25, -0.2) is 13.1 Å². The van der Waals surface area contributed by atoms with Crippen molar-refractivity contribution < 1.29 is 22.7 Å². The van der Waals surface area contributed by atoms with E-state index in [0.29, 0.717) is 33.5 Å². The predicted molar refractivity (Wildman–Crippen MR) is 126 cm³/mol. The minimum absolute atomic E-state index is 0.194. The molecule has 0 fully saturated rings. The predicted octanol–water partition coefficient (Wildman–Crippen LogP) is 3.86. The normalized spacial score (nSPS) is 11.5. The summed E-state index contributed by atoms with van der Waals surface area (Å²) in [5, 5.41) is 4.31. The van der Waals surface area contributed by atoms with Crippen molar-refractivity contribution in [3.05, 3.63) is 75.0 Å². The van der Waals surface area contributed by atoms with Gasteiger partial charge in [0.15, 0.2) is 22.2 Å². The van der Waals surface area contributed by atoms with Gasteiger partial charge in [0, 0.05) is 24.4 Å². The summed E-state index contributed by atoms with van der Waals surface area (Å²) in [6.07, 6.45) is 1.16. The number of ether oxygens (including phenoxy) is 1. The largest absolute Gasteiger partial charge is 0.469 e. The molecule has 0 bridgehead atoms. The van der Waals surface area contributed by atoms with E-state index in [1.165, 1.54) is 4.68 Å². The number of rotatable bonds is 7. The maximum Gasteiger partial charge on any atom is 0.223 e. The number of carbonyl (C=O) groups excluding carboxylic acids is 2. The van der Waals surface area contributed by atoms with E-state index in [4.69, 9.17) is 4.74 Å². The monoisotopic (exact) mass is 468 g/mol. The van der Waals surface area contributed by atoms with E-state index in [-0.39, 0.29) is 34.5 Å². The molecule has 0 unspecified atom stereocenters. The highest BCUT2D eigenvalue weighted by atomic mass is 32.2. The van der Waals surface area contributed by atoms with Crippen LogP contribution in [0.2, 0.25) is 0 Å². The van der Waals surface area contributed by atoms with Crippen molar-refractivity contribution in [3.8, 4) is 5.88 Å². The Hall–Kier alpha value is -3.26. The van der Waals surface area contributed by atoms with E-state index in [2.05, 4.69) is 5.10 Å². The number of hydrogen-bond acceptors (Lipinski definition) is 6. The lowest BCUT2D eigenvalue weighted by Gasteiger charge is -2.15. The van der Waals surface area contributed by atoms with Crippen LogP contribution >= 0.6 is 0 Å². The maximum atomic E-state index is 13.6. The number of benzene rings is 2. The van der Waals surface area contributed by atoms with Crippen molar-refractivity contribution in [1.29, 1.82) is 0 Å². The summed E-state index contributed by atoms with van der Waals surface area (Å²) in [5.41, 5.74) is 4.28. The minimum Gasteiger partial charge on any atom is -0.469 e. The summed E-state index contributed by atoms with van der Waals surface area (Å²) in [5.74, 6) is -0.352. The fourth-order valence-corrected chi connectivity index (χ4v) is 5.37. The summed E-state index contributed by atoms with van der Waals surface area (Å²) >= 11 is 0. The minimum atomic E-state index is -3.44. The number of hydrogen-bond donors (Lipinski definition) is 0. The second-order valence-corrected chi connectivity index (χ2v) is 10.3. The Morgan fingerprint density at radius 1 is 1.00 bits per heavy atom. The van der Waals surface area contributed by atoms with Crippen LogP contribution < -0.4 is 4.74 Å². The van der Waals surface area contributed by atoms with Gasteiger partial charge in [-0.05, 0) is 57.4 Å². The molecule has 1 aromatic heterocycles. The smallest absolute Gasteiger partial charge is 0.223 e. The highest BCUT2D eigenvalue weighted by molar-refractivity contribution is 7.90. The van der Waals surface area contributed by atoms with Crippen molar-refractivity contribution in [1.82, 2.24) is 9.78 Å². The van der Waals surface area contributed by atoms with Crippen molar-refractivity contribution in [3.63, 3.8) is 0 Å². The van der Waals surface area contributed by atoms with E-state index >= 15 is 0 Å². The highest BCUT2D eigenvalue weighted by Crippen LogP contribution is 2.31. The quantitative estimate of drug-likeness (QED) is 0.489. The molecule has 0 N–H and O–H groups in total. The molecule has 0 saturated carbocycles. The zero-order chi connectivity index (χ0) is 24.7. The molecular weight excluding hydrogens is 440 g/mol. The molecule has 0 aliphatic carbocycles. The first-order chi connectivity index (χ1) is 15.3. The Morgan fingerprint density at radius 2 is 1.61 bits per heavy atom. The Morgan fingerprint density at radius 3 is 2.18 bits per heavy atom. The van der Waals surface area contributed by atoms with Gasteiger partial charge in [-0.2, -0.15) is 5.10 Å². The third kappa shape index (κ3) is 4.75. The van der Waals surface area contributed by atoms with E-state index in [1.54, 1.807) is 52.9 Å². The van der Waals surface area contributed by atoms with Gasteiger partial charge in [-0.1, -0.05) is 29.8 Å². The number of sulfone groups is 1. The van der Waals surface area contributed by atoms with Crippen LogP contribution in [-0.4, -0.2) is 42.6 Å². The molecule has 8 heteroatoms. The topological polar surface area (TPSA) is 95.3 Å². The molecule has 2 aromatic carbocycles. The lowest BCUT2D eigenvalue weighted by Crippen LogP contribution is -2.16. The molecule has 33 heavy (non-hydrogen) atoms. The first-order valence-electron chi connectivity index (χ1n) is 10.4. The molecule has 0 saturated heterocycles. The van der Waals surface area contributed by atoms with Crippen molar-refractivity contribution in [2.45, 2.75) is 39.5 Å². The van der Waals surface area contributed by atoms with Crippen LogP contribution in [-0.2, 0) is 16.9 Å². The average molecular weight is 469 g/mol. The zero-order valence-electron chi connectivity index (χ0n) is 19.9. The molecule has 0 spiro atoms. The van der Waals surface area contributed by atoms with Crippen LogP contribution in [0.1, 0.15) is 54.2 Å². The summed E-state index contributed by atoms with van der Waals surface area (Å²) in [7, 11) is -1.80. The van der Waals surface area contributed by atoms with Gasteiger partial charge in [0.05, 0.1) is 10.6 Å². The number of aromatic nitrogens is 2. The van der Waals surface area contributed by atoms with E-state index in [0.717, 1.165) is 11.8 Å². The van der Waals surface area contributed by atoms with Gasteiger partial charge in [-0.3, -0.25) is 9.59 Å². The van der Waals surface area contributed by atoms with Gasteiger partial charge in [-0.15, -0.1) is 0 Å². The van der Waals surface area contributed by atoms with Crippen LogP contribution in [0.5, 0.6) is 5.88 Å². The van der Waals surface area contributed by atoms with Crippen LogP contribution in [0.3, 0.4) is 0 Å². The molecule has 0 radical (unpaired) electrons. The zero-order valence-corrected chi connectivity index (χ0v) is 20.8. The lowest BCUT2D eigenvalue weighted by atomic mass is 9.94. The first kappa shape index (κ1) is 24.4. The third-order valence-corrected chi connectivity index (χ3v) is 7.12. The number of Topliss-reactive ketones (excluding diaryl/α,β-unsaturated/α-hetero) is 1. The number of nitrogens with zero attached hydrogens (tertiary/aromatic N) is 2. The van der Waals surface area contributed by atoms with E-state index in [9.17, 15) is 18.0 Å². The van der Waals surface area contributed by atoms with Crippen LogP contribution in [0.25, 0.3) is 0 Å². The molecular formula is C25H28N2O5S. The Labute approximate surface area is 194 Å². The summed E-state index contributed by atoms with van der Waals surface area (Å²) in [6, 6.07) is 8.77. The fraction of sp³-hybridized carbons (Fsp3) is 0.320. The summed E-state index contributed by atoms with van der Waals surface area (Å²) in [4.78, 5) is 26.4. The van der Waals surface area contributed by atoms with Crippen LogP contribution in [0, 0.1) is 34.6 Å². The molecule has 3 rings (SSSR count). The third-order valence-electron chi connectivity index (χ3n) is 5.75. The van der Waals surface area contributed by atoms with Crippen LogP contribution in [0.15, 0.2) is 35.2 Å². The SMILES string of the molecule is Cc1ccc(C(=O)COc2c(C(=O)c3cc(C)c(S(C)(=O)=O)c(C)c3C)c(C)nn2C)cc1. The average Bonchev–Trinajstić information content (AvgIpc) is 3.00. The molecule has 0 amide bonds. The van der Waals surface area contributed by atoms with Crippen molar-refractivity contribution in [2.75, 3.05) is 12.9 Å². The molecule has 0 aliphatic heterocycles. The van der Waals surface area contributed by atoms with Crippen molar-refractivity contribution in [2.24, 2.45) is 7.05 Å². The molecule has 1 heterocycles. The Bertz CT molecular complexity index is 1370. The van der Waals surface area contributed by atoms with Gasteiger partial charge in [0.25, 0.3) is 0 Å². The molecule has 7 nitrogen and oxygen atoms in total.